The Labute approximate surface area is 131 Å². The topological polar surface area (TPSA) is 48.0 Å². The molecule has 0 spiro atoms. The largest absolute Gasteiger partial charge is 0.326 e. The molecule has 3 nitrogen and oxygen atoms in total. The van der Waals surface area contributed by atoms with Gasteiger partial charge >= 0.3 is 0 Å². The van der Waals surface area contributed by atoms with E-state index in [1.165, 1.54) is 24.0 Å². The number of benzene rings is 1. The SMILES string of the molecule is Cc1ccc(-c2ccc(CN)c(=O)n2C2CCCC2)cc1C. The van der Waals surface area contributed by atoms with E-state index in [1.807, 2.05) is 10.6 Å². The fraction of sp³-hybridized carbons (Fsp3) is 0.421. The molecule has 3 heteroatoms. The molecule has 1 aromatic carbocycles. The van der Waals surface area contributed by atoms with Gasteiger partial charge in [-0.15, -0.1) is 0 Å². The Balaban J connectivity index is 2.19. The zero-order chi connectivity index (χ0) is 15.7. The van der Waals surface area contributed by atoms with Crippen LogP contribution in [0.5, 0.6) is 0 Å². The number of hydrogen-bond acceptors (Lipinski definition) is 2. The molecule has 1 aliphatic carbocycles. The van der Waals surface area contributed by atoms with Gasteiger partial charge < -0.3 is 10.3 Å². The summed E-state index contributed by atoms with van der Waals surface area (Å²) in [4.78, 5) is 12.8. The first-order valence-electron chi connectivity index (χ1n) is 8.14. The van der Waals surface area contributed by atoms with Crippen LogP contribution in [0.3, 0.4) is 0 Å². The number of pyridine rings is 1. The highest BCUT2D eigenvalue weighted by Gasteiger charge is 2.22. The van der Waals surface area contributed by atoms with Gasteiger partial charge in [0.25, 0.3) is 5.56 Å². The smallest absolute Gasteiger partial charge is 0.255 e. The highest BCUT2D eigenvalue weighted by Crippen LogP contribution is 2.32. The summed E-state index contributed by atoms with van der Waals surface area (Å²) < 4.78 is 2.00. The van der Waals surface area contributed by atoms with Crippen molar-refractivity contribution in [1.29, 1.82) is 0 Å². The molecule has 2 aromatic rings. The van der Waals surface area contributed by atoms with Crippen molar-refractivity contribution in [2.45, 2.75) is 52.1 Å². The third-order valence-electron chi connectivity index (χ3n) is 4.91. The monoisotopic (exact) mass is 296 g/mol. The van der Waals surface area contributed by atoms with Crippen LogP contribution in [-0.2, 0) is 6.54 Å². The van der Waals surface area contributed by atoms with Gasteiger partial charge in [-0.1, -0.05) is 31.0 Å². The zero-order valence-electron chi connectivity index (χ0n) is 13.4. The van der Waals surface area contributed by atoms with Crippen LogP contribution >= 0.6 is 0 Å². The lowest BCUT2D eigenvalue weighted by atomic mass is 10.0. The number of hydrogen-bond donors (Lipinski definition) is 1. The Morgan fingerprint density at radius 2 is 1.82 bits per heavy atom. The average Bonchev–Trinajstić information content (AvgIpc) is 3.03. The first-order chi connectivity index (χ1) is 10.6. The molecule has 0 aliphatic heterocycles. The number of nitrogens with zero attached hydrogens (tertiary/aromatic N) is 1. The molecule has 0 unspecified atom stereocenters. The fourth-order valence-corrected chi connectivity index (χ4v) is 3.41. The first kappa shape index (κ1) is 15.0. The minimum atomic E-state index is 0.0881. The molecule has 1 aromatic heterocycles. The summed E-state index contributed by atoms with van der Waals surface area (Å²) in [6.07, 6.45) is 4.59. The van der Waals surface area contributed by atoms with Crippen LogP contribution in [0.1, 0.15) is 48.4 Å². The van der Waals surface area contributed by atoms with Crippen molar-refractivity contribution in [1.82, 2.24) is 4.57 Å². The van der Waals surface area contributed by atoms with Gasteiger partial charge in [-0.3, -0.25) is 4.79 Å². The van der Waals surface area contributed by atoms with Crippen LogP contribution in [0, 0.1) is 13.8 Å². The second-order valence-corrected chi connectivity index (χ2v) is 6.36. The summed E-state index contributed by atoms with van der Waals surface area (Å²) in [6.45, 7) is 4.53. The first-order valence-corrected chi connectivity index (χ1v) is 8.14. The molecule has 0 radical (unpaired) electrons. The lowest BCUT2D eigenvalue weighted by Crippen LogP contribution is -2.29. The molecule has 0 amide bonds. The molecular formula is C19H24N2O. The van der Waals surface area contributed by atoms with Crippen molar-refractivity contribution in [3.05, 3.63) is 57.4 Å². The van der Waals surface area contributed by atoms with Gasteiger partial charge in [0.1, 0.15) is 0 Å². The quantitative estimate of drug-likeness (QED) is 0.938. The van der Waals surface area contributed by atoms with Crippen molar-refractivity contribution in [3.63, 3.8) is 0 Å². The standard InChI is InChI=1S/C19H24N2O/c1-13-7-8-15(11-14(13)2)18-10-9-16(12-20)19(22)21(18)17-5-3-4-6-17/h7-11,17H,3-6,12,20H2,1-2H3. The lowest BCUT2D eigenvalue weighted by molar-refractivity contribution is 0.504. The second kappa shape index (κ2) is 6.09. The summed E-state index contributed by atoms with van der Waals surface area (Å²) in [5.74, 6) is 0. The summed E-state index contributed by atoms with van der Waals surface area (Å²) in [5, 5.41) is 0. The average molecular weight is 296 g/mol. The van der Waals surface area contributed by atoms with Gasteiger partial charge in [0, 0.05) is 18.2 Å². The predicted octanol–water partition coefficient (Wildman–Crippen LogP) is 3.71. The van der Waals surface area contributed by atoms with Crippen LogP contribution in [0.2, 0.25) is 0 Å². The maximum absolute atomic E-state index is 12.8. The van der Waals surface area contributed by atoms with Gasteiger partial charge in [-0.2, -0.15) is 0 Å². The Morgan fingerprint density at radius 3 is 2.45 bits per heavy atom. The van der Waals surface area contributed by atoms with E-state index in [9.17, 15) is 4.79 Å². The molecule has 22 heavy (non-hydrogen) atoms. The third kappa shape index (κ3) is 2.61. The maximum Gasteiger partial charge on any atom is 0.255 e. The molecular weight excluding hydrogens is 272 g/mol. The van der Waals surface area contributed by atoms with E-state index in [4.69, 9.17) is 5.73 Å². The molecule has 1 heterocycles. The molecule has 3 rings (SSSR count). The number of aryl methyl sites for hydroxylation is 2. The van der Waals surface area contributed by atoms with E-state index in [-0.39, 0.29) is 5.56 Å². The summed E-state index contributed by atoms with van der Waals surface area (Å²) in [7, 11) is 0. The predicted molar refractivity (Wildman–Crippen MR) is 91.0 cm³/mol. The van der Waals surface area contributed by atoms with Gasteiger partial charge in [-0.25, -0.2) is 0 Å². The van der Waals surface area contributed by atoms with Crippen LogP contribution in [0.25, 0.3) is 11.3 Å². The van der Waals surface area contributed by atoms with Gasteiger partial charge in [-0.05, 0) is 55.5 Å². The Hall–Kier alpha value is -1.87. The van der Waals surface area contributed by atoms with E-state index in [2.05, 4.69) is 38.1 Å². The molecule has 1 saturated carbocycles. The minimum Gasteiger partial charge on any atom is -0.326 e. The molecule has 0 bridgehead atoms. The zero-order valence-corrected chi connectivity index (χ0v) is 13.4. The van der Waals surface area contributed by atoms with Crippen molar-refractivity contribution >= 4 is 0 Å². The van der Waals surface area contributed by atoms with Crippen LogP contribution in [-0.4, -0.2) is 4.57 Å². The maximum atomic E-state index is 12.8. The van der Waals surface area contributed by atoms with E-state index in [1.54, 1.807) is 0 Å². The molecule has 0 atom stereocenters. The number of nitrogens with two attached hydrogens (primary N) is 1. The number of aromatic nitrogens is 1. The molecule has 2 N–H and O–H groups in total. The van der Waals surface area contributed by atoms with Crippen molar-refractivity contribution < 1.29 is 0 Å². The second-order valence-electron chi connectivity index (χ2n) is 6.36. The Kier molecular flexibility index (Phi) is 4.16. The summed E-state index contributed by atoms with van der Waals surface area (Å²) in [6, 6.07) is 10.7. The van der Waals surface area contributed by atoms with Crippen molar-refractivity contribution in [2.75, 3.05) is 0 Å². The normalized spacial score (nSPS) is 15.4. The summed E-state index contributed by atoms with van der Waals surface area (Å²) >= 11 is 0. The van der Waals surface area contributed by atoms with E-state index in [0.717, 1.165) is 24.1 Å². The van der Waals surface area contributed by atoms with E-state index in [0.29, 0.717) is 18.2 Å². The Morgan fingerprint density at radius 1 is 1.09 bits per heavy atom. The third-order valence-corrected chi connectivity index (χ3v) is 4.91. The molecule has 1 aliphatic rings. The Bertz CT molecular complexity index is 740. The lowest BCUT2D eigenvalue weighted by Gasteiger charge is -2.20. The van der Waals surface area contributed by atoms with Crippen molar-refractivity contribution in [2.24, 2.45) is 5.73 Å². The number of rotatable bonds is 3. The molecule has 116 valence electrons. The fourth-order valence-electron chi connectivity index (χ4n) is 3.41. The van der Waals surface area contributed by atoms with Crippen LogP contribution in [0.15, 0.2) is 35.1 Å². The van der Waals surface area contributed by atoms with Gasteiger partial charge in [0.15, 0.2) is 0 Å². The minimum absolute atomic E-state index is 0.0881. The molecule has 1 fully saturated rings. The van der Waals surface area contributed by atoms with Crippen LogP contribution < -0.4 is 11.3 Å². The van der Waals surface area contributed by atoms with Crippen LogP contribution in [0.4, 0.5) is 0 Å². The summed E-state index contributed by atoms with van der Waals surface area (Å²) in [5.41, 5.74) is 11.2. The van der Waals surface area contributed by atoms with Crippen molar-refractivity contribution in [3.8, 4) is 11.3 Å². The highest BCUT2D eigenvalue weighted by atomic mass is 16.1. The highest BCUT2D eigenvalue weighted by molar-refractivity contribution is 5.62. The van der Waals surface area contributed by atoms with Gasteiger partial charge in [0.05, 0.1) is 5.69 Å². The van der Waals surface area contributed by atoms with E-state index < -0.39 is 0 Å². The molecule has 0 saturated heterocycles. The van der Waals surface area contributed by atoms with E-state index >= 15 is 0 Å². The van der Waals surface area contributed by atoms with Gasteiger partial charge in [0.2, 0.25) is 0 Å².